The number of morpholine rings is 1. The number of nitrogens with zero attached hydrogens (tertiary/aromatic N) is 4. The SMILES string of the molecule is CCNC(=O)Nc1ccc(-c2nc3c(c(N4CCOCC4C)n2)CCN(CCOCC)C3)cc1. The van der Waals surface area contributed by atoms with Crippen LogP contribution in [0.3, 0.4) is 0 Å². The third kappa shape index (κ3) is 5.84. The molecule has 1 aromatic carbocycles. The van der Waals surface area contributed by atoms with Crippen molar-refractivity contribution in [3.8, 4) is 11.4 Å². The lowest BCUT2D eigenvalue weighted by molar-refractivity contribution is 0.0979. The van der Waals surface area contributed by atoms with E-state index in [2.05, 4.69) is 27.4 Å². The van der Waals surface area contributed by atoms with Crippen molar-refractivity contribution in [1.29, 1.82) is 0 Å². The lowest BCUT2D eigenvalue weighted by Crippen LogP contribution is -2.45. The summed E-state index contributed by atoms with van der Waals surface area (Å²) >= 11 is 0. The van der Waals surface area contributed by atoms with Crippen molar-refractivity contribution < 1.29 is 14.3 Å². The number of carbonyl (C=O) groups is 1. The first-order valence-corrected chi connectivity index (χ1v) is 12.3. The highest BCUT2D eigenvalue weighted by Crippen LogP contribution is 2.31. The summed E-state index contributed by atoms with van der Waals surface area (Å²) in [5.41, 5.74) is 4.00. The van der Waals surface area contributed by atoms with Crippen LogP contribution in [-0.2, 0) is 22.4 Å². The van der Waals surface area contributed by atoms with E-state index in [9.17, 15) is 4.79 Å². The van der Waals surface area contributed by atoms with E-state index in [4.69, 9.17) is 19.4 Å². The first-order chi connectivity index (χ1) is 16.6. The number of ether oxygens (including phenoxy) is 2. The normalized spacial score (nSPS) is 18.4. The minimum absolute atomic E-state index is 0.212. The van der Waals surface area contributed by atoms with Crippen LogP contribution >= 0.6 is 0 Å². The van der Waals surface area contributed by atoms with Gasteiger partial charge < -0.3 is 25.0 Å². The molecule has 0 bridgehead atoms. The third-order valence-corrected chi connectivity index (χ3v) is 6.26. The van der Waals surface area contributed by atoms with E-state index < -0.39 is 0 Å². The first-order valence-electron chi connectivity index (χ1n) is 12.3. The largest absolute Gasteiger partial charge is 0.380 e. The van der Waals surface area contributed by atoms with Gasteiger partial charge in [0, 0.05) is 56.1 Å². The van der Waals surface area contributed by atoms with Gasteiger partial charge in [0.05, 0.1) is 31.6 Å². The molecular formula is C25H36N6O3. The number of benzene rings is 1. The first kappa shape index (κ1) is 24.4. The van der Waals surface area contributed by atoms with Crippen molar-refractivity contribution in [2.75, 3.05) is 62.8 Å². The van der Waals surface area contributed by atoms with Gasteiger partial charge in [0.15, 0.2) is 5.82 Å². The minimum atomic E-state index is -0.212. The van der Waals surface area contributed by atoms with Crippen LogP contribution in [0.15, 0.2) is 24.3 Å². The molecule has 184 valence electrons. The summed E-state index contributed by atoms with van der Waals surface area (Å²) in [6, 6.07) is 7.76. The van der Waals surface area contributed by atoms with E-state index >= 15 is 0 Å². The van der Waals surface area contributed by atoms with Crippen LogP contribution in [0.25, 0.3) is 11.4 Å². The fraction of sp³-hybridized carbons (Fsp3) is 0.560. The van der Waals surface area contributed by atoms with Crippen LogP contribution < -0.4 is 15.5 Å². The molecule has 2 amide bonds. The zero-order valence-electron chi connectivity index (χ0n) is 20.5. The van der Waals surface area contributed by atoms with Gasteiger partial charge in [-0.25, -0.2) is 14.8 Å². The van der Waals surface area contributed by atoms with Crippen LogP contribution in [0, 0.1) is 0 Å². The fourth-order valence-electron chi connectivity index (χ4n) is 4.44. The van der Waals surface area contributed by atoms with Crippen LogP contribution in [0.1, 0.15) is 32.0 Å². The molecule has 1 saturated heterocycles. The van der Waals surface area contributed by atoms with Crippen molar-refractivity contribution in [2.45, 2.75) is 39.8 Å². The Morgan fingerprint density at radius 2 is 2.03 bits per heavy atom. The zero-order chi connectivity index (χ0) is 23.9. The van der Waals surface area contributed by atoms with Crippen LogP contribution in [0.2, 0.25) is 0 Å². The summed E-state index contributed by atoms with van der Waals surface area (Å²) in [7, 11) is 0. The maximum absolute atomic E-state index is 11.8. The molecular weight excluding hydrogens is 432 g/mol. The van der Waals surface area contributed by atoms with Gasteiger partial charge in [0.25, 0.3) is 0 Å². The second-order valence-corrected chi connectivity index (χ2v) is 8.70. The third-order valence-electron chi connectivity index (χ3n) is 6.26. The number of rotatable bonds is 8. The van der Waals surface area contributed by atoms with Gasteiger partial charge in [-0.1, -0.05) is 0 Å². The second-order valence-electron chi connectivity index (χ2n) is 8.70. The molecule has 9 nitrogen and oxygen atoms in total. The summed E-state index contributed by atoms with van der Waals surface area (Å²) < 4.78 is 11.3. The van der Waals surface area contributed by atoms with Crippen LogP contribution in [0.4, 0.5) is 16.3 Å². The monoisotopic (exact) mass is 468 g/mol. The molecule has 2 N–H and O–H groups in total. The number of fused-ring (bicyclic) bond motifs is 1. The predicted molar refractivity (Wildman–Crippen MR) is 133 cm³/mol. The molecule has 0 saturated carbocycles. The molecule has 2 aromatic rings. The lowest BCUT2D eigenvalue weighted by atomic mass is 10.0. The number of nitrogens with one attached hydrogen (secondary N) is 2. The zero-order valence-corrected chi connectivity index (χ0v) is 20.5. The molecule has 34 heavy (non-hydrogen) atoms. The Morgan fingerprint density at radius 1 is 1.21 bits per heavy atom. The highest BCUT2D eigenvalue weighted by Gasteiger charge is 2.28. The number of urea groups is 1. The maximum Gasteiger partial charge on any atom is 0.319 e. The van der Waals surface area contributed by atoms with Gasteiger partial charge in [-0.2, -0.15) is 0 Å². The maximum atomic E-state index is 11.8. The van der Waals surface area contributed by atoms with Gasteiger partial charge in [-0.15, -0.1) is 0 Å². The van der Waals surface area contributed by atoms with Crippen molar-refractivity contribution in [3.05, 3.63) is 35.5 Å². The highest BCUT2D eigenvalue weighted by atomic mass is 16.5. The predicted octanol–water partition coefficient (Wildman–Crippen LogP) is 2.90. The van der Waals surface area contributed by atoms with E-state index in [-0.39, 0.29) is 12.1 Å². The molecule has 9 heteroatoms. The van der Waals surface area contributed by atoms with Gasteiger partial charge in [-0.3, -0.25) is 4.90 Å². The highest BCUT2D eigenvalue weighted by molar-refractivity contribution is 5.89. The Balaban J connectivity index is 1.63. The van der Waals surface area contributed by atoms with Gasteiger partial charge in [0.2, 0.25) is 0 Å². The Hall–Kier alpha value is -2.75. The molecule has 1 unspecified atom stereocenters. The molecule has 2 aliphatic heterocycles. The van der Waals surface area contributed by atoms with Crippen molar-refractivity contribution >= 4 is 17.5 Å². The fourth-order valence-corrected chi connectivity index (χ4v) is 4.44. The Morgan fingerprint density at radius 3 is 2.76 bits per heavy atom. The van der Waals surface area contributed by atoms with Crippen LogP contribution in [0.5, 0.6) is 0 Å². The second kappa shape index (κ2) is 11.6. The molecule has 4 rings (SSSR count). The summed E-state index contributed by atoms with van der Waals surface area (Å²) in [6.45, 7) is 13.1. The average molecular weight is 469 g/mol. The molecule has 1 fully saturated rings. The molecule has 0 aliphatic carbocycles. The number of hydrogen-bond acceptors (Lipinski definition) is 7. The Bertz CT molecular complexity index is 968. The topological polar surface area (TPSA) is 91.9 Å². The summed E-state index contributed by atoms with van der Waals surface area (Å²) in [4.78, 5) is 26.7. The summed E-state index contributed by atoms with van der Waals surface area (Å²) in [5.74, 6) is 1.74. The summed E-state index contributed by atoms with van der Waals surface area (Å²) in [6.07, 6.45) is 0.927. The van der Waals surface area contributed by atoms with E-state index in [1.165, 1.54) is 5.56 Å². The quantitative estimate of drug-likeness (QED) is 0.576. The standard InChI is InChI=1S/C25H36N6O3/c1-4-26-25(32)27-20-8-6-19(7-9-20)23-28-22-16-30(12-14-33-5-2)11-10-21(22)24(29-23)31-13-15-34-17-18(31)3/h6-9,18H,4-5,10-17H2,1-3H3,(H2,26,27,32). The molecule has 0 radical (unpaired) electrons. The van der Waals surface area contributed by atoms with Gasteiger partial charge in [-0.05, 0) is 51.5 Å². The van der Waals surface area contributed by atoms with Gasteiger partial charge >= 0.3 is 6.03 Å². The van der Waals surface area contributed by atoms with Crippen molar-refractivity contribution in [3.63, 3.8) is 0 Å². The number of amides is 2. The molecule has 1 atom stereocenters. The molecule has 0 spiro atoms. The van der Waals surface area contributed by atoms with E-state index in [1.54, 1.807) is 0 Å². The number of anilines is 2. The molecule has 2 aliphatic rings. The molecule has 3 heterocycles. The van der Waals surface area contributed by atoms with Gasteiger partial charge in [0.1, 0.15) is 5.82 Å². The lowest BCUT2D eigenvalue weighted by Gasteiger charge is -2.37. The van der Waals surface area contributed by atoms with Crippen molar-refractivity contribution in [1.82, 2.24) is 20.2 Å². The Kier molecular flexibility index (Phi) is 8.31. The summed E-state index contributed by atoms with van der Waals surface area (Å²) in [5, 5.41) is 5.58. The number of carbonyl (C=O) groups excluding carboxylic acids is 1. The smallest absolute Gasteiger partial charge is 0.319 e. The van der Waals surface area contributed by atoms with E-state index in [1.807, 2.05) is 38.1 Å². The average Bonchev–Trinajstić information content (AvgIpc) is 2.84. The molecule has 1 aromatic heterocycles. The Labute approximate surface area is 201 Å². The van der Waals surface area contributed by atoms with E-state index in [0.29, 0.717) is 25.6 Å². The van der Waals surface area contributed by atoms with Crippen molar-refractivity contribution in [2.24, 2.45) is 0 Å². The number of aromatic nitrogens is 2. The van der Waals surface area contributed by atoms with E-state index in [0.717, 1.165) is 68.6 Å². The minimum Gasteiger partial charge on any atom is -0.380 e. The number of hydrogen-bond donors (Lipinski definition) is 2. The van der Waals surface area contributed by atoms with Crippen LogP contribution in [-0.4, -0.2) is 79.5 Å².